The molecule has 0 spiro atoms. The lowest BCUT2D eigenvalue weighted by Gasteiger charge is -2.18. The fourth-order valence-electron chi connectivity index (χ4n) is 4.41. The van der Waals surface area contributed by atoms with E-state index < -0.39 is 27.8 Å². The number of nitrogens with zero attached hydrogens (tertiary/aromatic N) is 1. The Labute approximate surface area is 278 Å². The van der Waals surface area contributed by atoms with Gasteiger partial charge in [-0.15, -0.1) is 11.3 Å². The first-order valence-electron chi connectivity index (χ1n) is 14.7. The van der Waals surface area contributed by atoms with E-state index in [0.29, 0.717) is 29.2 Å². The van der Waals surface area contributed by atoms with E-state index >= 15 is 0 Å². The third kappa shape index (κ3) is 9.54. The van der Waals surface area contributed by atoms with Gasteiger partial charge >= 0.3 is 5.97 Å². The fourth-order valence-corrected chi connectivity index (χ4v) is 6.78. The van der Waals surface area contributed by atoms with Gasteiger partial charge in [0.2, 0.25) is 0 Å². The van der Waals surface area contributed by atoms with Crippen molar-refractivity contribution in [1.82, 2.24) is 4.98 Å². The summed E-state index contributed by atoms with van der Waals surface area (Å²) in [5, 5.41) is 15.7. The molecule has 0 bridgehead atoms. The third-order valence-electron chi connectivity index (χ3n) is 7.04. The molecule has 0 aliphatic heterocycles. The Morgan fingerprint density at radius 1 is 1.07 bits per heavy atom. The van der Waals surface area contributed by atoms with Gasteiger partial charge in [0.25, 0.3) is 5.91 Å². The zero-order chi connectivity index (χ0) is 33.5. The van der Waals surface area contributed by atoms with Gasteiger partial charge in [-0.25, -0.2) is 18.2 Å². The van der Waals surface area contributed by atoms with Gasteiger partial charge in [0.1, 0.15) is 23.1 Å². The highest BCUT2D eigenvalue weighted by Gasteiger charge is 2.21. The minimum atomic E-state index is -3.52. The van der Waals surface area contributed by atoms with Gasteiger partial charge in [-0.2, -0.15) is 0 Å². The van der Waals surface area contributed by atoms with Crippen LogP contribution >= 0.6 is 22.9 Å². The Morgan fingerprint density at radius 2 is 1.80 bits per heavy atom. The first kappa shape index (κ1) is 34.9. The second-order valence-electron chi connectivity index (χ2n) is 11.7. The summed E-state index contributed by atoms with van der Waals surface area (Å²) >= 11 is 7.41. The smallest absolute Gasteiger partial charge is 0.344 e. The van der Waals surface area contributed by atoms with Crippen LogP contribution in [0.3, 0.4) is 0 Å². The Bertz CT molecular complexity index is 1780. The molecular weight excluding hydrogens is 648 g/mol. The van der Waals surface area contributed by atoms with E-state index in [2.05, 4.69) is 31.1 Å². The number of carboxylic acid groups (broad SMARTS) is 1. The number of amides is 1. The number of carboxylic acids is 1. The number of aromatic nitrogens is 1. The van der Waals surface area contributed by atoms with Crippen LogP contribution in [-0.2, 0) is 33.1 Å². The van der Waals surface area contributed by atoms with Gasteiger partial charge in [0.15, 0.2) is 15.9 Å². The Balaban J connectivity index is 1.48. The first-order valence-corrected chi connectivity index (χ1v) is 17.7. The molecule has 0 radical (unpaired) electrons. The van der Waals surface area contributed by atoms with Crippen molar-refractivity contribution in [2.45, 2.75) is 70.0 Å². The number of nitrogens with one attached hydrogen (secondary N) is 1. The third-order valence-corrected chi connectivity index (χ3v) is 9.93. The molecule has 2 N–H and O–H groups in total. The molecule has 1 unspecified atom stereocenters. The van der Waals surface area contributed by atoms with Crippen molar-refractivity contribution in [3.8, 4) is 11.5 Å². The minimum Gasteiger partial charge on any atom is -0.486 e. The quantitative estimate of drug-likeness (QED) is 0.139. The number of benzene rings is 3. The van der Waals surface area contributed by atoms with Crippen molar-refractivity contribution in [2.24, 2.45) is 0 Å². The number of anilines is 1. The molecule has 0 fully saturated rings. The van der Waals surface area contributed by atoms with Crippen LogP contribution in [0.2, 0.25) is 5.02 Å². The molecule has 12 heteroatoms. The summed E-state index contributed by atoms with van der Waals surface area (Å²) in [6.45, 7) is 8.23. The second kappa shape index (κ2) is 15.1. The Morgan fingerprint density at radius 3 is 2.46 bits per heavy atom. The van der Waals surface area contributed by atoms with Crippen LogP contribution in [0.4, 0.5) is 5.69 Å². The summed E-state index contributed by atoms with van der Waals surface area (Å²) in [6.07, 6.45) is -0.195. The van der Waals surface area contributed by atoms with Crippen molar-refractivity contribution in [3.63, 3.8) is 0 Å². The number of hydrogen-bond acceptors (Lipinski definition) is 8. The molecule has 46 heavy (non-hydrogen) atoms. The average molecular weight is 685 g/mol. The largest absolute Gasteiger partial charge is 0.486 e. The molecule has 0 aliphatic rings. The van der Waals surface area contributed by atoms with E-state index in [4.69, 9.17) is 21.1 Å². The zero-order valence-electron chi connectivity index (χ0n) is 26.1. The lowest BCUT2D eigenvalue weighted by molar-refractivity contribution is -0.145. The van der Waals surface area contributed by atoms with Gasteiger partial charge in [-0.3, -0.25) is 4.79 Å². The Kier molecular flexibility index (Phi) is 11.5. The highest BCUT2D eigenvalue weighted by molar-refractivity contribution is 7.91. The second-order valence-corrected chi connectivity index (χ2v) is 15.2. The molecule has 4 aromatic rings. The van der Waals surface area contributed by atoms with Crippen LogP contribution in [0.15, 0.2) is 77.0 Å². The number of aryl methyl sites for hydroxylation is 1. The molecule has 244 valence electrons. The summed E-state index contributed by atoms with van der Waals surface area (Å²) in [4.78, 5) is 29.9. The number of aliphatic carboxylic acids is 1. The molecule has 1 atom stereocenters. The van der Waals surface area contributed by atoms with Crippen molar-refractivity contribution in [3.05, 3.63) is 99.0 Å². The summed E-state index contributed by atoms with van der Waals surface area (Å²) in [5.74, 6) is -0.992. The van der Waals surface area contributed by atoms with Crippen molar-refractivity contribution in [1.29, 1.82) is 0 Å². The van der Waals surface area contributed by atoms with Gasteiger partial charge in [0.05, 0.1) is 22.0 Å². The van der Waals surface area contributed by atoms with Crippen molar-refractivity contribution >= 4 is 50.3 Å². The summed E-state index contributed by atoms with van der Waals surface area (Å²) in [7, 11) is -3.52. The molecular formula is C34H37ClN2O7S2. The van der Waals surface area contributed by atoms with Crippen LogP contribution in [0.25, 0.3) is 0 Å². The summed E-state index contributed by atoms with van der Waals surface area (Å²) < 4.78 is 37.3. The molecule has 1 aromatic heterocycles. The van der Waals surface area contributed by atoms with Crippen LogP contribution in [0.5, 0.6) is 11.5 Å². The molecule has 3 aromatic carbocycles. The SMILES string of the molecule is CCC(Oc1ccc(CCCS(=O)(=O)c2ccc(Cl)cc2)cc1NC(=O)c1cccc(OCc2nc(C(C)(C)C)cs2)c1)C(=O)O. The van der Waals surface area contributed by atoms with Gasteiger partial charge in [0, 0.05) is 21.4 Å². The van der Waals surface area contributed by atoms with Gasteiger partial charge in [-0.05, 0) is 79.4 Å². The Hall–Kier alpha value is -3.93. The van der Waals surface area contributed by atoms with Crippen molar-refractivity contribution in [2.75, 3.05) is 11.1 Å². The number of rotatable bonds is 14. The standard InChI is InChI=1S/C34H37ClN2O7S2/c1-5-28(33(39)40)44-29-16-11-22(8-7-17-46(41,42)26-14-12-24(35)13-15-26)18-27(29)36-32(38)23-9-6-10-25(19-23)43-20-31-37-30(21-45-31)34(2,3)4/h6,9-16,18-19,21,28H,5,7-8,17,20H2,1-4H3,(H,36,38)(H,39,40). The van der Waals surface area contributed by atoms with Crippen LogP contribution in [0.1, 0.15) is 67.2 Å². The average Bonchev–Trinajstić information content (AvgIpc) is 3.50. The monoisotopic (exact) mass is 684 g/mol. The van der Waals surface area contributed by atoms with E-state index in [0.717, 1.165) is 16.3 Å². The predicted molar refractivity (Wildman–Crippen MR) is 180 cm³/mol. The van der Waals surface area contributed by atoms with Gasteiger partial charge < -0.3 is 19.9 Å². The minimum absolute atomic E-state index is 0.0661. The van der Waals surface area contributed by atoms with E-state index in [1.54, 1.807) is 49.4 Å². The highest BCUT2D eigenvalue weighted by atomic mass is 35.5. The zero-order valence-corrected chi connectivity index (χ0v) is 28.5. The van der Waals surface area contributed by atoms with E-state index in [-0.39, 0.29) is 40.5 Å². The lowest BCUT2D eigenvalue weighted by Crippen LogP contribution is -2.26. The van der Waals surface area contributed by atoms with E-state index in [1.807, 2.05) is 5.38 Å². The molecule has 4 rings (SSSR count). The van der Waals surface area contributed by atoms with Crippen LogP contribution < -0.4 is 14.8 Å². The number of halogens is 1. The topological polar surface area (TPSA) is 132 Å². The van der Waals surface area contributed by atoms with E-state index in [1.165, 1.54) is 35.6 Å². The highest BCUT2D eigenvalue weighted by Crippen LogP contribution is 2.30. The summed E-state index contributed by atoms with van der Waals surface area (Å²) in [5.41, 5.74) is 2.26. The first-order chi connectivity index (χ1) is 21.7. The maximum atomic E-state index is 13.4. The summed E-state index contributed by atoms with van der Waals surface area (Å²) in [6, 6.07) is 17.7. The molecule has 0 aliphatic carbocycles. The normalized spacial score (nSPS) is 12.4. The maximum Gasteiger partial charge on any atom is 0.344 e. The fraction of sp³-hybridized carbons (Fsp3) is 0.324. The lowest BCUT2D eigenvalue weighted by atomic mass is 9.93. The molecule has 0 saturated heterocycles. The number of sulfone groups is 1. The van der Waals surface area contributed by atoms with E-state index in [9.17, 15) is 23.1 Å². The number of ether oxygens (including phenoxy) is 2. The maximum absolute atomic E-state index is 13.4. The predicted octanol–water partition coefficient (Wildman–Crippen LogP) is 7.57. The van der Waals surface area contributed by atoms with Crippen molar-refractivity contribution < 1.29 is 32.6 Å². The number of carbonyl (C=O) groups is 2. The molecule has 1 heterocycles. The number of hydrogen-bond donors (Lipinski definition) is 2. The van der Waals surface area contributed by atoms with Crippen LogP contribution in [-0.4, -0.2) is 42.2 Å². The molecule has 9 nitrogen and oxygen atoms in total. The molecule has 1 amide bonds. The number of carbonyl (C=O) groups excluding carboxylic acids is 1. The number of thiazole rings is 1. The van der Waals surface area contributed by atoms with Gasteiger partial charge in [-0.1, -0.05) is 51.4 Å². The van der Waals surface area contributed by atoms with Crippen LogP contribution in [0, 0.1) is 0 Å². The molecule has 0 saturated carbocycles.